The third-order valence-electron chi connectivity index (χ3n) is 4.92. The average molecular weight is 414 g/mol. The third kappa shape index (κ3) is 3.88. The van der Waals surface area contributed by atoms with Gasteiger partial charge in [0, 0.05) is 0 Å². The van der Waals surface area contributed by atoms with Crippen LogP contribution in [0.15, 0.2) is 84.6 Å². The Morgan fingerprint density at radius 1 is 0.839 bits per heavy atom. The molecule has 4 rings (SSSR count). The van der Waals surface area contributed by atoms with Gasteiger partial charge in [0.05, 0.1) is 30.7 Å². The summed E-state index contributed by atoms with van der Waals surface area (Å²) in [6, 6.07) is 23.3. The van der Waals surface area contributed by atoms with Crippen LogP contribution in [-0.4, -0.2) is 25.5 Å². The molecule has 1 heterocycles. The molecule has 3 aromatic carbocycles. The topological polar surface area (TPSA) is 67.9 Å². The van der Waals surface area contributed by atoms with Crippen molar-refractivity contribution in [1.29, 1.82) is 0 Å². The second-order valence-electron chi connectivity index (χ2n) is 6.81. The molecule has 0 fully saturated rings. The van der Waals surface area contributed by atoms with Crippen molar-refractivity contribution in [2.45, 2.75) is 6.92 Å². The van der Waals surface area contributed by atoms with E-state index in [1.807, 2.05) is 61.5 Å². The first kappa shape index (κ1) is 20.2. The number of nitrogens with one attached hydrogen (secondary N) is 1. The van der Waals surface area contributed by atoms with Gasteiger partial charge >= 0.3 is 0 Å². The van der Waals surface area contributed by atoms with Crippen molar-refractivity contribution in [3.63, 3.8) is 0 Å². The molecule has 0 aromatic heterocycles. The van der Waals surface area contributed by atoms with Crippen LogP contribution >= 0.6 is 0 Å². The smallest absolute Gasteiger partial charge is 0.282 e. The van der Waals surface area contributed by atoms with Gasteiger partial charge in [-0.1, -0.05) is 42.5 Å². The van der Waals surface area contributed by atoms with E-state index >= 15 is 0 Å². The summed E-state index contributed by atoms with van der Waals surface area (Å²) in [6.07, 6.45) is 0. The average Bonchev–Trinajstić information content (AvgIpc) is 3.05. The van der Waals surface area contributed by atoms with Crippen molar-refractivity contribution in [3.8, 4) is 11.5 Å². The number of amides is 2. The highest BCUT2D eigenvalue weighted by atomic mass is 16.5. The molecule has 0 aliphatic carbocycles. The first-order valence-electron chi connectivity index (χ1n) is 9.95. The summed E-state index contributed by atoms with van der Waals surface area (Å²) in [6.45, 7) is 2.37. The molecule has 156 valence electrons. The Kier molecular flexibility index (Phi) is 5.71. The lowest BCUT2D eigenvalue weighted by Crippen LogP contribution is -2.32. The third-order valence-corrected chi connectivity index (χ3v) is 4.92. The fourth-order valence-electron chi connectivity index (χ4n) is 3.47. The maximum absolute atomic E-state index is 13.4. The number of nitrogens with zero attached hydrogens (tertiary/aromatic N) is 1. The van der Waals surface area contributed by atoms with E-state index < -0.39 is 11.8 Å². The molecule has 0 unspecified atom stereocenters. The second-order valence-corrected chi connectivity index (χ2v) is 6.81. The summed E-state index contributed by atoms with van der Waals surface area (Å²) >= 11 is 0. The second kappa shape index (κ2) is 8.75. The minimum absolute atomic E-state index is 0.208. The lowest BCUT2D eigenvalue weighted by molar-refractivity contribution is -0.120. The van der Waals surface area contributed by atoms with Crippen molar-refractivity contribution in [2.75, 3.05) is 23.9 Å². The largest absolute Gasteiger partial charge is 0.497 e. The highest BCUT2D eigenvalue weighted by Crippen LogP contribution is 2.36. The number of imide groups is 1. The van der Waals surface area contributed by atoms with Gasteiger partial charge in [-0.3, -0.25) is 9.59 Å². The summed E-state index contributed by atoms with van der Waals surface area (Å²) < 4.78 is 10.9. The minimum atomic E-state index is -0.430. The molecule has 0 saturated carbocycles. The fourth-order valence-corrected chi connectivity index (χ4v) is 3.47. The van der Waals surface area contributed by atoms with Crippen LogP contribution in [0.4, 0.5) is 11.4 Å². The van der Waals surface area contributed by atoms with E-state index in [0.717, 1.165) is 0 Å². The normalized spacial score (nSPS) is 13.5. The zero-order valence-electron chi connectivity index (χ0n) is 17.3. The Balaban J connectivity index is 1.79. The highest BCUT2D eigenvalue weighted by molar-refractivity contribution is 6.46. The Bertz CT molecular complexity index is 1140. The molecule has 6 nitrogen and oxygen atoms in total. The van der Waals surface area contributed by atoms with Crippen LogP contribution in [0.3, 0.4) is 0 Å². The van der Waals surface area contributed by atoms with Gasteiger partial charge in [-0.15, -0.1) is 0 Å². The molecule has 31 heavy (non-hydrogen) atoms. The van der Waals surface area contributed by atoms with Crippen molar-refractivity contribution in [3.05, 3.63) is 90.1 Å². The van der Waals surface area contributed by atoms with Gasteiger partial charge in [-0.25, -0.2) is 4.90 Å². The van der Waals surface area contributed by atoms with Crippen LogP contribution in [0.1, 0.15) is 12.5 Å². The molecule has 0 spiro atoms. The van der Waals surface area contributed by atoms with Gasteiger partial charge < -0.3 is 14.8 Å². The Morgan fingerprint density at radius 3 is 2.19 bits per heavy atom. The SMILES string of the molecule is CCOc1ccccc1NC1=C(c2ccccc2)C(=O)N(c2ccc(OC)cc2)C1=O. The number of methoxy groups -OCH3 is 1. The van der Waals surface area contributed by atoms with Crippen molar-refractivity contribution < 1.29 is 19.1 Å². The highest BCUT2D eigenvalue weighted by Gasteiger charge is 2.40. The predicted molar refractivity (Wildman–Crippen MR) is 120 cm³/mol. The van der Waals surface area contributed by atoms with E-state index in [-0.39, 0.29) is 5.70 Å². The molecule has 3 aromatic rings. The van der Waals surface area contributed by atoms with Crippen LogP contribution in [0.25, 0.3) is 5.57 Å². The van der Waals surface area contributed by atoms with Crippen molar-refractivity contribution >= 4 is 28.8 Å². The number of para-hydroxylation sites is 2. The molecule has 0 bridgehead atoms. The van der Waals surface area contributed by atoms with Gasteiger partial charge in [0.25, 0.3) is 11.8 Å². The number of carbonyl (C=O) groups is 2. The number of rotatable bonds is 7. The van der Waals surface area contributed by atoms with Crippen molar-refractivity contribution in [1.82, 2.24) is 0 Å². The number of benzene rings is 3. The lowest BCUT2D eigenvalue weighted by Gasteiger charge is -2.16. The number of hydrogen-bond acceptors (Lipinski definition) is 5. The monoisotopic (exact) mass is 414 g/mol. The van der Waals surface area contributed by atoms with E-state index in [1.165, 1.54) is 4.90 Å². The van der Waals surface area contributed by atoms with Gasteiger partial charge in [-0.2, -0.15) is 0 Å². The first-order chi connectivity index (χ1) is 15.1. The molecular formula is C25H22N2O4. The summed E-state index contributed by atoms with van der Waals surface area (Å²) in [4.78, 5) is 28.0. The summed E-state index contributed by atoms with van der Waals surface area (Å²) in [5, 5.41) is 3.16. The molecule has 1 aliphatic rings. The summed E-state index contributed by atoms with van der Waals surface area (Å²) in [5.74, 6) is 0.425. The summed E-state index contributed by atoms with van der Waals surface area (Å²) in [5.41, 5.74) is 2.27. The van der Waals surface area contributed by atoms with Crippen LogP contribution in [0, 0.1) is 0 Å². The zero-order chi connectivity index (χ0) is 21.8. The fraction of sp³-hybridized carbons (Fsp3) is 0.120. The summed E-state index contributed by atoms with van der Waals surface area (Å²) in [7, 11) is 1.56. The number of ether oxygens (including phenoxy) is 2. The number of carbonyl (C=O) groups excluding carboxylic acids is 2. The van der Waals surface area contributed by atoms with Crippen LogP contribution in [-0.2, 0) is 9.59 Å². The van der Waals surface area contributed by atoms with Crippen LogP contribution < -0.4 is 19.7 Å². The molecule has 1 aliphatic heterocycles. The molecule has 0 radical (unpaired) electrons. The van der Waals surface area contributed by atoms with Gasteiger partial charge in [0.1, 0.15) is 17.2 Å². The predicted octanol–water partition coefficient (Wildman–Crippen LogP) is 4.49. The molecule has 2 amide bonds. The Morgan fingerprint density at radius 2 is 1.52 bits per heavy atom. The van der Waals surface area contributed by atoms with Gasteiger partial charge in [0.2, 0.25) is 0 Å². The zero-order valence-corrected chi connectivity index (χ0v) is 17.3. The molecule has 0 atom stereocenters. The van der Waals surface area contributed by atoms with E-state index in [4.69, 9.17) is 9.47 Å². The minimum Gasteiger partial charge on any atom is -0.497 e. The van der Waals surface area contributed by atoms with Crippen molar-refractivity contribution in [2.24, 2.45) is 0 Å². The lowest BCUT2D eigenvalue weighted by atomic mass is 10.0. The van der Waals surface area contributed by atoms with Crippen LogP contribution in [0.2, 0.25) is 0 Å². The molecule has 6 heteroatoms. The van der Waals surface area contributed by atoms with Gasteiger partial charge in [0.15, 0.2) is 0 Å². The van der Waals surface area contributed by atoms with Gasteiger partial charge in [-0.05, 0) is 48.9 Å². The molecule has 0 saturated heterocycles. The van der Waals surface area contributed by atoms with E-state index in [1.54, 1.807) is 31.4 Å². The van der Waals surface area contributed by atoms with E-state index in [9.17, 15) is 9.59 Å². The Hall–Kier alpha value is -4.06. The van der Waals surface area contributed by atoms with E-state index in [0.29, 0.717) is 40.6 Å². The number of hydrogen-bond donors (Lipinski definition) is 1. The maximum Gasteiger partial charge on any atom is 0.282 e. The molecular weight excluding hydrogens is 392 g/mol. The molecule has 1 N–H and O–H groups in total. The van der Waals surface area contributed by atoms with Crippen LogP contribution in [0.5, 0.6) is 11.5 Å². The number of anilines is 2. The quantitative estimate of drug-likeness (QED) is 0.577. The Labute approximate surface area is 180 Å². The standard InChI is InChI=1S/C25H22N2O4/c1-3-31-21-12-8-7-11-20(21)26-23-22(17-9-5-4-6-10-17)24(28)27(25(23)29)18-13-15-19(30-2)16-14-18/h4-16,26H,3H2,1-2H3. The van der Waals surface area contributed by atoms with E-state index in [2.05, 4.69) is 5.32 Å². The first-order valence-corrected chi connectivity index (χ1v) is 9.95. The maximum atomic E-state index is 13.4.